The molecule has 0 bridgehead atoms. The van der Waals surface area contributed by atoms with Crippen LogP contribution < -0.4 is 5.73 Å². The van der Waals surface area contributed by atoms with Gasteiger partial charge in [-0.15, -0.1) is 0 Å². The molecule has 0 atom stereocenters. The second-order valence-corrected chi connectivity index (χ2v) is 5.40. The van der Waals surface area contributed by atoms with Gasteiger partial charge in [-0.1, -0.05) is 12.1 Å². The van der Waals surface area contributed by atoms with E-state index in [1.807, 2.05) is 0 Å². The molecule has 1 aromatic carbocycles. The van der Waals surface area contributed by atoms with Crippen LogP contribution in [0.25, 0.3) is 0 Å². The molecule has 0 aromatic heterocycles. The van der Waals surface area contributed by atoms with Crippen molar-refractivity contribution in [1.29, 1.82) is 0 Å². The summed E-state index contributed by atoms with van der Waals surface area (Å²) in [6.45, 7) is 0. The van der Waals surface area contributed by atoms with Crippen LogP contribution in [0.2, 0.25) is 0 Å². The molecule has 0 aliphatic heterocycles. The van der Waals surface area contributed by atoms with Gasteiger partial charge in [-0.3, -0.25) is 0 Å². The molecule has 3 N–H and O–H groups in total. The first-order chi connectivity index (χ1) is 6.81. The molecule has 1 rings (SSSR count). The van der Waals surface area contributed by atoms with Crippen molar-refractivity contribution in [2.24, 2.45) is 0 Å². The molecule has 15 heavy (non-hydrogen) atoms. The van der Waals surface area contributed by atoms with Crippen molar-refractivity contribution < 1.29 is 18.3 Å². The highest BCUT2D eigenvalue weighted by Crippen LogP contribution is 2.18. The van der Waals surface area contributed by atoms with Crippen molar-refractivity contribution in [2.75, 3.05) is 12.0 Å². The fraction of sp³-hybridized carbons (Fsp3) is 0.222. The van der Waals surface area contributed by atoms with E-state index in [-0.39, 0.29) is 22.6 Å². The maximum Gasteiger partial charge on any atom is 0.338 e. The Balaban J connectivity index is 3.30. The molecule has 0 unspecified atom stereocenters. The lowest BCUT2D eigenvalue weighted by Crippen LogP contribution is -2.10. The highest BCUT2D eigenvalue weighted by molar-refractivity contribution is 7.89. The summed E-state index contributed by atoms with van der Waals surface area (Å²) in [4.78, 5) is 10.9. The first kappa shape index (κ1) is 11.5. The number of hydrogen-bond acceptors (Lipinski definition) is 4. The first-order valence-corrected chi connectivity index (χ1v) is 6.15. The van der Waals surface area contributed by atoms with Crippen molar-refractivity contribution >= 4 is 21.5 Å². The third-order valence-electron chi connectivity index (χ3n) is 1.81. The van der Waals surface area contributed by atoms with E-state index in [1.165, 1.54) is 18.2 Å². The minimum absolute atomic E-state index is 0.0728. The van der Waals surface area contributed by atoms with E-state index in [2.05, 4.69) is 0 Å². The van der Waals surface area contributed by atoms with Crippen LogP contribution in [0.15, 0.2) is 18.2 Å². The average molecular weight is 229 g/mol. The molecule has 0 saturated carbocycles. The molecule has 0 amide bonds. The quantitative estimate of drug-likeness (QED) is 0.736. The van der Waals surface area contributed by atoms with Crippen molar-refractivity contribution in [3.8, 4) is 0 Å². The summed E-state index contributed by atoms with van der Waals surface area (Å²) in [7, 11) is -3.27. The Bertz CT molecular complexity index is 493. The second kappa shape index (κ2) is 3.90. The van der Waals surface area contributed by atoms with E-state index in [1.54, 1.807) is 0 Å². The molecular formula is C9H11NO4S. The van der Waals surface area contributed by atoms with Gasteiger partial charge in [-0.25, -0.2) is 13.2 Å². The number of nitrogens with two attached hydrogens (primary N) is 1. The Morgan fingerprint density at radius 2 is 2.07 bits per heavy atom. The van der Waals surface area contributed by atoms with Crippen LogP contribution in [0.4, 0.5) is 5.69 Å². The predicted octanol–water partition coefficient (Wildman–Crippen LogP) is 0.512. The Morgan fingerprint density at radius 1 is 1.47 bits per heavy atom. The number of carboxylic acid groups (broad SMARTS) is 1. The monoisotopic (exact) mass is 229 g/mol. The minimum Gasteiger partial charge on any atom is -0.478 e. The third kappa shape index (κ3) is 2.95. The summed E-state index contributed by atoms with van der Waals surface area (Å²) in [6, 6.07) is 4.40. The molecule has 0 spiro atoms. The van der Waals surface area contributed by atoms with Crippen molar-refractivity contribution in [3.63, 3.8) is 0 Å². The lowest BCUT2D eigenvalue weighted by atomic mass is 10.1. The molecule has 5 nitrogen and oxygen atoms in total. The Labute approximate surface area is 87.4 Å². The molecule has 0 saturated heterocycles. The van der Waals surface area contributed by atoms with Gasteiger partial charge >= 0.3 is 5.97 Å². The second-order valence-electron chi connectivity index (χ2n) is 3.26. The van der Waals surface area contributed by atoms with Crippen LogP contribution in [0, 0.1) is 0 Å². The number of aromatic carboxylic acids is 1. The molecule has 6 heteroatoms. The number of hydrogen-bond donors (Lipinski definition) is 2. The van der Waals surface area contributed by atoms with Gasteiger partial charge in [-0.05, 0) is 11.6 Å². The van der Waals surface area contributed by atoms with Gasteiger partial charge in [0.2, 0.25) is 0 Å². The highest BCUT2D eigenvalue weighted by atomic mass is 32.2. The first-order valence-electron chi connectivity index (χ1n) is 4.09. The van der Waals surface area contributed by atoms with E-state index >= 15 is 0 Å². The number of anilines is 1. The molecule has 0 radical (unpaired) electrons. The summed E-state index contributed by atoms with van der Waals surface area (Å²) in [5, 5.41) is 8.87. The number of carboxylic acids is 1. The van der Waals surface area contributed by atoms with E-state index in [9.17, 15) is 13.2 Å². The van der Waals surface area contributed by atoms with Crippen LogP contribution in [0.5, 0.6) is 0 Å². The van der Waals surface area contributed by atoms with Gasteiger partial charge in [0.05, 0.1) is 11.3 Å². The zero-order chi connectivity index (χ0) is 11.6. The standard InChI is InChI=1S/C9H11NO4S/c1-15(13,14)5-6-3-2-4-7(10)8(6)9(11)12/h2-4H,5,10H2,1H3,(H,11,12). The topological polar surface area (TPSA) is 97.5 Å². The van der Waals surface area contributed by atoms with E-state index < -0.39 is 15.8 Å². The number of nitrogen functional groups attached to an aromatic ring is 1. The maximum absolute atomic E-state index is 11.1. The molecule has 0 fully saturated rings. The van der Waals surface area contributed by atoms with E-state index in [4.69, 9.17) is 10.8 Å². The molecule has 0 heterocycles. The summed E-state index contributed by atoms with van der Waals surface area (Å²) in [5.41, 5.74) is 5.62. The van der Waals surface area contributed by atoms with Gasteiger partial charge < -0.3 is 10.8 Å². The van der Waals surface area contributed by atoms with Gasteiger partial charge in [-0.2, -0.15) is 0 Å². The maximum atomic E-state index is 11.1. The number of carbonyl (C=O) groups is 1. The molecule has 1 aromatic rings. The smallest absolute Gasteiger partial charge is 0.338 e. The molecule has 0 aliphatic rings. The SMILES string of the molecule is CS(=O)(=O)Cc1cccc(N)c1C(=O)O. The van der Waals surface area contributed by atoms with Gasteiger partial charge in [0, 0.05) is 11.9 Å². The van der Waals surface area contributed by atoms with E-state index in [0.29, 0.717) is 0 Å². The summed E-state index contributed by atoms with van der Waals surface area (Å²) in [6.07, 6.45) is 1.04. The van der Waals surface area contributed by atoms with Gasteiger partial charge in [0.25, 0.3) is 0 Å². The van der Waals surface area contributed by atoms with Crippen molar-refractivity contribution in [1.82, 2.24) is 0 Å². The summed E-state index contributed by atoms with van der Waals surface area (Å²) in [5.74, 6) is -1.54. The average Bonchev–Trinajstić information content (AvgIpc) is 1.99. The van der Waals surface area contributed by atoms with Crippen LogP contribution in [-0.2, 0) is 15.6 Å². The van der Waals surface area contributed by atoms with Crippen LogP contribution >= 0.6 is 0 Å². The molecule has 0 aliphatic carbocycles. The van der Waals surface area contributed by atoms with E-state index in [0.717, 1.165) is 6.26 Å². The zero-order valence-electron chi connectivity index (χ0n) is 8.10. The van der Waals surface area contributed by atoms with Crippen LogP contribution in [0.1, 0.15) is 15.9 Å². The third-order valence-corrected chi connectivity index (χ3v) is 2.65. The fourth-order valence-electron chi connectivity index (χ4n) is 1.28. The van der Waals surface area contributed by atoms with Crippen molar-refractivity contribution in [2.45, 2.75) is 5.75 Å². The largest absolute Gasteiger partial charge is 0.478 e. The lowest BCUT2D eigenvalue weighted by molar-refractivity contribution is 0.0697. The van der Waals surface area contributed by atoms with Crippen LogP contribution in [-0.4, -0.2) is 25.7 Å². The highest BCUT2D eigenvalue weighted by Gasteiger charge is 2.16. The number of benzene rings is 1. The molecular weight excluding hydrogens is 218 g/mol. The van der Waals surface area contributed by atoms with Gasteiger partial charge in [0.1, 0.15) is 0 Å². The zero-order valence-corrected chi connectivity index (χ0v) is 8.91. The number of sulfone groups is 1. The fourth-order valence-corrected chi connectivity index (χ4v) is 2.09. The Kier molecular flexibility index (Phi) is 2.99. The normalized spacial score (nSPS) is 11.3. The number of rotatable bonds is 3. The lowest BCUT2D eigenvalue weighted by Gasteiger charge is -2.07. The van der Waals surface area contributed by atoms with Crippen LogP contribution in [0.3, 0.4) is 0 Å². The Hall–Kier alpha value is -1.56. The Morgan fingerprint density at radius 3 is 2.53 bits per heavy atom. The minimum atomic E-state index is -3.27. The summed E-state index contributed by atoms with van der Waals surface area (Å²) >= 11 is 0. The molecule has 82 valence electrons. The summed E-state index contributed by atoms with van der Waals surface area (Å²) < 4.78 is 22.1. The van der Waals surface area contributed by atoms with Crippen molar-refractivity contribution in [3.05, 3.63) is 29.3 Å². The predicted molar refractivity (Wildman–Crippen MR) is 56.4 cm³/mol. The van der Waals surface area contributed by atoms with Gasteiger partial charge in [0.15, 0.2) is 9.84 Å².